The minimum atomic E-state index is -0.267. The summed E-state index contributed by atoms with van der Waals surface area (Å²) in [6, 6.07) is 3.73. The maximum atomic E-state index is 13.3. The second-order valence-electron chi connectivity index (χ2n) is 8.67. The Bertz CT molecular complexity index is 1170. The molecule has 190 valence electrons. The second-order valence-corrected chi connectivity index (χ2v) is 10.8. The van der Waals surface area contributed by atoms with Crippen LogP contribution in [0.4, 0.5) is 5.69 Å². The van der Waals surface area contributed by atoms with E-state index in [1.807, 2.05) is 19.1 Å². The minimum Gasteiger partial charge on any atom is -0.477 e. The molecule has 5 rings (SSSR count). The molecule has 36 heavy (non-hydrogen) atoms. The van der Waals surface area contributed by atoms with Crippen LogP contribution in [0.25, 0.3) is 10.6 Å². The van der Waals surface area contributed by atoms with E-state index in [1.165, 1.54) is 24.2 Å². The number of rotatable bonds is 11. The second kappa shape index (κ2) is 12.0. The van der Waals surface area contributed by atoms with Crippen LogP contribution in [0, 0.1) is 0 Å². The molecular weight excluding hydrogens is 496 g/mol. The summed E-state index contributed by atoms with van der Waals surface area (Å²) >= 11 is 3.04. The third-order valence-corrected chi connectivity index (χ3v) is 8.00. The van der Waals surface area contributed by atoms with Crippen molar-refractivity contribution in [2.75, 3.05) is 44.1 Å². The zero-order chi connectivity index (χ0) is 24.7. The number of nitrogens with one attached hydrogen (secondary N) is 3. The molecule has 1 atom stereocenters. The fraction of sp³-hybridized carbons (Fsp3) is 0.458. The Balaban J connectivity index is 1.31. The number of carbonyl (C=O) groups is 1. The number of carbonyl (C=O) groups excluding carboxylic acids is 1. The smallest absolute Gasteiger partial charge is 0.280 e. The zero-order valence-corrected chi connectivity index (χ0v) is 21.8. The van der Waals surface area contributed by atoms with Gasteiger partial charge in [0.1, 0.15) is 5.69 Å². The van der Waals surface area contributed by atoms with Gasteiger partial charge in [-0.15, -0.1) is 11.3 Å². The number of nitrogens with zero attached hydrogens (tertiary/aromatic N) is 5. The normalized spacial score (nSPS) is 16.9. The first-order valence-electron chi connectivity index (χ1n) is 12.2. The number of thiazole rings is 1. The molecule has 1 saturated heterocycles. The lowest BCUT2D eigenvalue weighted by molar-refractivity contribution is 0.0920. The average Bonchev–Trinajstić information content (AvgIpc) is 3.61. The van der Waals surface area contributed by atoms with Crippen LogP contribution >= 0.6 is 23.3 Å². The lowest BCUT2D eigenvalue weighted by Gasteiger charge is -2.31. The fourth-order valence-electron chi connectivity index (χ4n) is 3.81. The summed E-state index contributed by atoms with van der Waals surface area (Å²) in [5.74, 6) is 0.220. The molecule has 1 aliphatic heterocycles. The molecule has 0 spiro atoms. The van der Waals surface area contributed by atoms with Crippen LogP contribution in [0.2, 0.25) is 0 Å². The topological polar surface area (TPSA) is 117 Å². The van der Waals surface area contributed by atoms with Gasteiger partial charge >= 0.3 is 0 Å². The molecular formula is C24H30N8O2S2. The molecule has 1 unspecified atom stereocenters. The maximum absolute atomic E-state index is 13.3. The van der Waals surface area contributed by atoms with E-state index >= 15 is 0 Å². The highest BCUT2D eigenvalue weighted by atomic mass is 32.2. The summed E-state index contributed by atoms with van der Waals surface area (Å²) in [4.78, 5) is 34.0. The van der Waals surface area contributed by atoms with Gasteiger partial charge < -0.3 is 20.1 Å². The predicted molar refractivity (Wildman–Crippen MR) is 142 cm³/mol. The highest BCUT2D eigenvalue weighted by Crippen LogP contribution is 2.34. The van der Waals surface area contributed by atoms with Crippen LogP contribution in [0.3, 0.4) is 0 Å². The number of piperazine rings is 1. The van der Waals surface area contributed by atoms with E-state index in [4.69, 9.17) is 4.74 Å². The number of amides is 1. The SMILES string of the molecule is CCOc1cncc(-c2cnc(C(=O)NC(CN3CCNCC3)c3cc(NSC4CC4)ccn3)s2)n1. The average molecular weight is 527 g/mol. The Morgan fingerprint density at radius 3 is 2.94 bits per heavy atom. The van der Waals surface area contributed by atoms with Crippen LogP contribution in [-0.2, 0) is 0 Å². The lowest BCUT2D eigenvalue weighted by atomic mass is 10.1. The summed E-state index contributed by atoms with van der Waals surface area (Å²) in [7, 11) is 0. The van der Waals surface area contributed by atoms with Crippen molar-refractivity contribution in [3.05, 3.63) is 47.6 Å². The number of aromatic nitrogens is 4. The van der Waals surface area contributed by atoms with Gasteiger partial charge in [-0.3, -0.25) is 19.7 Å². The predicted octanol–water partition coefficient (Wildman–Crippen LogP) is 2.99. The number of anilines is 1. The molecule has 1 aliphatic carbocycles. The number of pyridine rings is 1. The van der Waals surface area contributed by atoms with Gasteiger partial charge in [-0.1, -0.05) is 0 Å². The van der Waals surface area contributed by atoms with Crippen molar-refractivity contribution < 1.29 is 9.53 Å². The lowest BCUT2D eigenvalue weighted by Crippen LogP contribution is -2.47. The monoisotopic (exact) mass is 526 g/mol. The molecule has 1 amide bonds. The third kappa shape index (κ3) is 6.69. The number of ether oxygens (including phenoxy) is 1. The Labute approximate surface area is 218 Å². The van der Waals surface area contributed by atoms with Crippen LogP contribution in [0.1, 0.15) is 41.3 Å². The van der Waals surface area contributed by atoms with Crippen molar-refractivity contribution in [1.82, 2.24) is 35.5 Å². The largest absolute Gasteiger partial charge is 0.477 e. The fourth-order valence-corrected chi connectivity index (χ4v) is 5.38. The first-order valence-corrected chi connectivity index (χ1v) is 13.9. The van der Waals surface area contributed by atoms with Gasteiger partial charge in [0.15, 0.2) is 5.01 Å². The molecule has 4 heterocycles. The van der Waals surface area contributed by atoms with Gasteiger partial charge in [-0.2, -0.15) is 0 Å². The van der Waals surface area contributed by atoms with Gasteiger partial charge in [0, 0.05) is 56.1 Å². The summed E-state index contributed by atoms with van der Waals surface area (Å²) < 4.78 is 8.88. The first kappa shape index (κ1) is 24.9. The molecule has 0 radical (unpaired) electrons. The van der Waals surface area contributed by atoms with Gasteiger partial charge in [0.25, 0.3) is 5.91 Å². The van der Waals surface area contributed by atoms with Crippen LogP contribution < -0.4 is 20.1 Å². The van der Waals surface area contributed by atoms with E-state index in [0.717, 1.165) is 42.4 Å². The standard InChI is InChI=1S/C24H30N8O2S2/c1-2-34-22-14-26-12-19(29-22)21-13-28-24(35-21)23(33)30-20(15-32-9-7-25-8-10-32)18-11-16(5-6-27-18)31-36-17-3-4-17/h5-6,11-14,17,20,25H,2-4,7-10,15H2,1H3,(H,27,31)(H,30,33). The quantitative estimate of drug-likeness (QED) is 0.322. The van der Waals surface area contributed by atoms with Crippen LogP contribution in [0.15, 0.2) is 36.9 Å². The van der Waals surface area contributed by atoms with Gasteiger partial charge in [0.2, 0.25) is 5.88 Å². The molecule has 0 bridgehead atoms. The van der Waals surface area contributed by atoms with E-state index in [-0.39, 0.29) is 11.9 Å². The summed E-state index contributed by atoms with van der Waals surface area (Å²) in [5.41, 5.74) is 2.46. The minimum absolute atomic E-state index is 0.229. The molecule has 3 aromatic rings. The van der Waals surface area contributed by atoms with Gasteiger partial charge in [-0.25, -0.2) is 9.97 Å². The Hall–Kier alpha value is -2.80. The molecule has 2 aliphatic rings. The molecule has 3 aromatic heterocycles. The Morgan fingerprint density at radius 1 is 1.28 bits per heavy atom. The van der Waals surface area contributed by atoms with Crippen molar-refractivity contribution in [3.63, 3.8) is 0 Å². The molecule has 12 heteroatoms. The molecule has 10 nitrogen and oxygen atoms in total. The van der Waals surface area contributed by atoms with Crippen LogP contribution in [-0.4, -0.2) is 75.3 Å². The Kier molecular flexibility index (Phi) is 8.26. The molecule has 1 saturated carbocycles. The molecule has 3 N–H and O–H groups in total. The van der Waals surface area contributed by atoms with Gasteiger partial charge in [0.05, 0.1) is 35.6 Å². The summed E-state index contributed by atoms with van der Waals surface area (Å²) in [6.45, 7) is 6.81. The zero-order valence-electron chi connectivity index (χ0n) is 20.1. The van der Waals surface area contributed by atoms with E-state index in [2.05, 4.69) is 40.2 Å². The van der Waals surface area contributed by atoms with E-state index in [0.29, 0.717) is 35.0 Å². The van der Waals surface area contributed by atoms with Gasteiger partial charge in [-0.05, 0) is 43.8 Å². The number of hydrogen-bond donors (Lipinski definition) is 3. The summed E-state index contributed by atoms with van der Waals surface area (Å²) in [5, 5.41) is 7.63. The first-order chi connectivity index (χ1) is 17.7. The van der Waals surface area contributed by atoms with E-state index in [9.17, 15) is 4.79 Å². The van der Waals surface area contributed by atoms with E-state index < -0.39 is 0 Å². The maximum Gasteiger partial charge on any atom is 0.280 e. The molecule has 0 aromatic carbocycles. The van der Waals surface area contributed by atoms with Crippen molar-refractivity contribution in [3.8, 4) is 16.5 Å². The number of hydrogen-bond acceptors (Lipinski definition) is 11. The highest BCUT2D eigenvalue weighted by molar-refractivity contribution is 8.01. The Morgan fingerprint density at radius 2 is 2.14 bits per heavy atom. The van der Waals surface area contributed by atoms with E-state index in [1.54, 1.807) is 36.7 Å². The third-order valence-electron chi connectivity index (χ3n) is 5.82. The van der Waals surface area contributed by atoms with Crippen molar-refractivity contribution in [1.29, 1.82) is 0 Å². The molecule has 2 fully saturated rings. The van der Waals surface area contributed by atoms with Crippen molar-refractivity contribution >= 4 is 34.9 Å². The van der Waals surface area contributed by atoms with Crippen LogP contribution in [0.5, 0.6) is 5.88 Å². The van der Waals surface area contributed by atoms with Crippen molar-refractivity contribution in [2.24, 2.45) is 0 Å². The highest BCUT2D eigenvalue weighted by Gasteiger charge is 2.25. The van der Waals surface area contributed by atoms with Crippen molar-refractivity contribution in [2.45, 2.75) is 31.1 Å². The summed E-state index contributed by atoms with van der Waals surface area (Å²) in [6.07, 6.45) is 9.19.